The van der Waals surface area contributed by atoms with Gasteiger partial charge in [0.25, 0.3) is 5.91 Å². The first kappa shape index (κ1) is 21.6. The van der Waals surface area contributed by atoms with Crippen LogP contribution in [0.25, 0.3) is 23.2 Å². The molecule has 0 bridgehead atoms. The molecule has 162 valence electrons. The number of rotatable bonds is 8. The van der Waals surface area contributed by atoms with Gasteiger partial charge in [-0.25, -0.2) is 4.79 Å². The van der Waals surface area contributed by atoms with Crippen LogP contribution >= 0.6 is 22.7 Å². The van der Waals surface area contributed by atoms with Gasteiger partial charge in [0.2, 0.25) is 0 Å². The molecule has 0 aliphatic rings. The van der Waals surface area contributed by atoms with Crippen molar-refractivity contribution in [3.8, 4) is 11.4 Å². The first-order chi connectivity index (χ1) is 15.6. The highest BCUT2D eigenvalue weighted by molar-refractivity contribution is 7.11. The molecule has 4 aromatic rings. The number of benzene rings is 1. The molecule has 0 saturated carbocycles. The number of carbonyl (C=O) groups is 2. The Kier molecular flexibility index (Phi) is 6.83. The Hall–Kier alpha value is -3.63. The Morgan fingerprint density at radius 1 is 1.09 bits per heavy atom. The molecule has 32 heavy (non-hydrogen) atoms. The van der Waals surface area contributed by atoms with E-state index in [2.05, 4.69) is 20.8 Å². The van der Waals surface area contributed by atoms with Crippen LogP contribution in [0.3, 0.4) is 0 Å². The number of tetrazole rings is 1. The molecule has 0 saturated heterocycles. The second-order valence-corrected chi connectivity index (χ2v) is 8.66. The van der Waals surface area contributed by atoms with E-state index in [-0.39, 0.29) is 11.7 Å². The van der Waals surface area contributed by atoms with Crippen molar-refractivity contribution < 1.29 is 14.3 Å². The summed E-state index contributed by atoms with van der Waals surface area (Å²) in [6.45, 7) is 1.46. The molecule has 0 aliphatic carbocycles. The number of aromatic nitrogens is 4. The second kappa shape index (κ2) is 10.1. The van der Waals surface area contributed by atoms with Crippen molar-refractivity contribution in [2.75, 3.05) is 6.61 Å². The van der Waals surface area contributed by atoms with E-state index in [1.807, 2.05) is 72.3 Å². The smallest absolute Gasteiger partial charge is 0.357 e. The second-order valence-electron chi connectivity index (χ2n) is 6.71. The maximum Gasteiger partial charge on any atom is 0.357 e. The molecule has 4 rings (SSSR count). The monoisotopic (exact) mass is 465 g/mol. The number of ether oxygens (including phenoxy) is 1. The van der Waals surface area contributed by atoms with Gasteiger partial charge < -0.3 is 10.1 Å². The zero-order valence-electron chi connectivity index (χ0n) is 17.0. The molecule has 8 nitrogen and oxygen atoms in total. The van der Waals surface area contributed by atoms with Gasteiger partial charge in [-0.1, -0.05) is 42.5 Å². The van der Waals surface area contributed by atoms with Crippen molar-refractivity contribution in [3.05, 3.63) is 75.1 Å². The maximum absolute atomic E-state index is 13.0. The summed E-state index contributed by atoms with van der Waals surface area (Å²) >= 11 is 3.00. The fourth-order valence-corrected chi connectivity index (χ4v) is 4.31. The Bertz CT molecular complexity index is 1200. The van der Waals surface area contributed by atoms with E-state index in [1.165, 1.54) is 16.0 Å². The van der Waals surface area contributed by atoms with Crippen LogP contribution in [0.15, 0.2) is 65.4 Å². The number of thiophene rings is 2. The van der Waals surface area contributed by atoms with Crippen LogP contribution in [0, 0.1) is 0 Å². The zero-order chi connectivity index (χ0) is 22.3. The van der Waals surface area contributed by atoms with Crippen LogP contribution in [0.2, 0.25) is 0 Å². The normalized spacial score (nSPS) is 12.3. The van der Waals surface area contributed by atoms with Crippen LogP contribution in [-0.2, 0) is 14.3 Å². The van der Waals surface area contributed by atoms with Crippen LogP contribution in [0.1, 0.15) is 22.7 Å². The fourth-order valence-electron chi connectivity index (χ4n) is 2.93. The van der Waals surface area contributed by atoms with E-state index in [1.54, 1.807) is 17.4 Å². The van der Waals surface area contributed by atoms with Gasteiger partial charge in [-0.3, -0.25) is 4.79 Å². The largest absolute Gasteiger partial charge is 0.451 e. The maximum atomic E-state index is 13.0. The van der Waals surface area contributed by atoms with Crippen LogP contribution in [-0.4, -0.2) is 38.7 Å². The molecule has 3 heterocycles. The number of carbonyl (C=O) groups excluding carboxylic acids is 2. The quantitative estimate of drug-likeness (QED) is 0.313. The molecule has 1 atom stereocenters. The van der Waals surface area contributed by atoms with E-state index in [4.69, 9.17) is 4.74 Å². The Morgan fingerprint density at radius 3 is 2.59 bits per heavy atom. The lowest BCUT2D eigenvalue weighted by Gasteiger charge is -2.13. The lowest BCUT2D eigenvalue weighted by molar-refractivity contribution is -0.143. The fraction of sp³-hybridized carbons (Fsp3) is 0.136. The van der Waals surface area contributed by atoms with Crippen molar-refractivity contribution in [1.29, 1.82) is 0 Å². The summed E-state index contributed by atoms with van der Waals surface area (Å²) in [5.74, 6) is -0.711. The van der Waals surface area contributed by atoms with Gasteiger partial charge >= 0.3 is 5.97 Å². The van der Waals surface area contributed by atoms with Gasteiger partial charge in [-0.05, 0) is 46.3 Å². The average Bonchev–Trinajstić information content (AvgIpc) is 3.58. The highest BCUT2D eigenvalue weighted by atomic mass is 32.1. The predicted molar refractivity (Wildman–Crippen MR) is 124 cm³/mol. The van der Waals surface area contributed by atoms with Gasteiger partial charge in [0.05, 0.1) is 6.04 Å². The van der Waals surface area contributed by atoms with Gasteiger partial charge in [-0.2, -0.15) is 4.68 Å². The standard InChI is InChI=1S/C22H19N5O3S2/c1-15(19-10-6-12-32-19)23-20(28)14-30-22(29)18(13-17-9-5-11-31-17)27-21(24-25-26-27)16-7-3-2-4-8-16/h2-13,15H,14H2,1H3,(H,23,28). The summed E-state index contributed by atoms with van der Waals surface area (Å²) < 4.78 is 6.64. The highest BCUT2D eigenvalue weighted by Crippen LogP contribution is 2.23. The first-order valence-corrected chi connectivity index (χ1v) is 11.5. The number of nitrogens with one attached hydrogen (secondary N) is 1. The molecule has 0 fully saturated rings. The Balaban J connectivity index is 1.53. The molecule has 1 amide bonds. The topological polar surface area (TPSA) is 99.0 Å². The SMILES string of the molecule is CC(NC(=O)COC(=O)C(=Cc1cccs1)n1nnnc1-c1ccccc1)c1cccs1. The number of amides is 1. The molecule has 0 radical (unpaired) electrons. The number of esters is 1. The predicted octanol–water partition coefficient (Wildman–Crippen LogP) is 3.88. The summed E-state index contributed by atoms with van der Waals surface area (Å²) in [6, 6.07) is 16.7. The molecular weight excluding hydrogens is 446 g/mol. The van der Waals surface area contributed by atoms with E-state index in [9.17, 15) is 9.59 Å². The number of nitrogens with zero attached hydrogens (tertiary/aromatic N) is 4. The summed E-state index contributed by atoms with van der Waals surface area (Å²) in [6.07, 6.45) is 1.64. The van der Waals surface area contributed by atoms with E-state index in [0.29, 0.717) is 5.82 Å². The van der Waals surface area contributed by atoms with Gasteiger partial charge in [0.15, 0.2) is 18.1 Å². The molecule has 3 aromatic heterocycles. The van der Waals surface area contributed by atoms with Crippen molar-refractivity contribution in [2.24, 2.45) is 0 Å². The summed E-state index contributed by atoms with van der Waals surface area (Å²) in [7, 11) is 0. The summed E-state index contributed by atoms with van der Waals surface area (Å²) in [5.41, 5.74) is 0.848. The minimum Gasteiger partial charge on any atom is -0.451 e. The summed E-state index contributed by atoms with van der Waals surface area (Å²) in [4.78, 5) is 27.1. The van der Waals surface area contributed by atoms with Crippen molar-refractivity contribution in [1.82, 2.24) is 25.5 Å². The van der Waals surface area contributed by atoms with Crippen LogP contribution in [0.4, 0.5) is 0 Å². The van der Waals surface area contributed by atoms with E-state index >= 15 is 0 Å². The summed E-state index contributed by atoms with van der Waals surface area (Å²) in [5, 5.41) is 18.4. The molecule has 1 N–H and O–H groups in total. The molecule has 1 aromatic carbocycles. The van der Waals surface area contributed by atoms with E-state index in [0.717, 1.165) is 15.3 Å². The Labute approximate surface area is 192 Å². The Morgan fingerprint density at radius 2 is 1.88 bits per heavy atom. The lowest BCUT2D eigenvalue weighted by atomic mass is 10.2. The zero-order valence-corrected chi connectivity index (χ0v) is 18.7. The lowest BCUT2D eigenvalue weighted by Crippen LogP contribution is -2.31. The highest BCUT2D eigenvalue weighted by Gasteiger charge is 2.22. The molecule has 0 aliphatic heterocycles. The van der Waals surface area contributed by atoms with Crippen LogP contribution in [0.5, 0.6) is 0 Å². The third kappa shape index (κ3) is 5.16. The molecular formula is C22H19N5O3S2. The third-order valence-electron chi connectivity index (χ3n) is 4.44. The molecule has 1 unspecified atom stereocenters. The van der Waals surface area contributed by atoms with Crippen molar-refractivity contribution >= 4 is 46.3 Å². The number of hydrogen-bond acceptors (Lipinski definition) is 8. The first-order valence-electron chi connectivity index (χ1n) is 9.71. The molecule has 0 spiro atoms. The molecule has 10 heteroatoms. The van der Waals surface area contributed by atoms with Gasteiger partial charge in [0, 0.05) is 15.3 Å². The minimum atomic E-state index is -0.707. The van der Waals surface area contributed by atoms with E-state index < -0.39 is 18.5 Å². The average molecular weight is 466 g/mol. The van der Waals surface area contributed by atoms with Crippen molar-refractivity contribution in [2.45, 2.75) is 13.0 Å². The van der Waals surface area contributed by atoms with Crippen LogP contribution < -0.4 is 5.32 Å². The van der Waals surface area contributed by atoms with Crippen molar-refractivity contribution in [3.63, 3.8) is 0 Å². The number of hydrogen-bond donors (Lipinski definition) is 1. The van der Waals surface area contributed by atoms with Gasteiger partial charge in [-0.15, -0.1) is 27.8 Å². The van der Waals surface area contributed by atoms with Gasteiger partial charge in [0.1, 0.15) is 0 Å². The third-order valence-corrected chi connectivity index (χ3v) is 6.32. The minimum absolute atomic E-state index is 0.107.